The zero-order valence-corrected chi connectivity index (χ0v) is 21.4. The third-order valence-corrected chi connectivity index (χ3v) is 8.91. The quantitative estimate of drug-likeness (QED) is 0.247. The van der Waals surface area contributed by atoms with Crippen molar-refractivity contribution in [3.63, 3.8) is 0 Å². The Morgan fingerprint density at radius 3 is 1.62 bits per heavy atom. The van der Waals surface area contributed by atoms with Crippen LogP contribution in [0.4, 0.5) is 0 Å². The standard InChI is InChI=1S/C33H27NO2S/c1-24-17-19-28(20-18-24)37(35,36)34-22-31-29(25-11-5-2-6-12-25)21-30(26-13-7-3-8-14-26)33(32(31)23-34)27-15-9-4-10-16-27/h2-21H,22-23H2,1H3. The number of fused-ring (bicyclic) bond motifs is 1. The fraction of sp³-hybridized carbons (Fsp3) is 0.0909. The molecule has 0 saturated heterocycles. The largest absolute Gasteiger partial charge is 0.243 e. The average Bonchev–Trinajstić information content (AvgIpc) is 3.40. The molecule has 182 valence electrons. The summed E-state index contributed by atoms with van der Waals surface area (Å²) in [6.07, 6.45) is 0. The van der Waals surface area contributed by atoms with E-state index >= 15 is 0 Å². The lowest BCUT2D eigenvalue weighted by Crippen LogP contribution is -2.25. The zero-order chi connectivity index (χ0) is 25.4. The fourth-order valence-corrected chi connectivity index (χ4v) is 6.60. The lowest BCUT2D eigenvalue weighted by atomic mass is 9.84. The molecule has 3 nitrogen and oxygen atoms in total. The second kappa shape index (κ2) is 9.47. The van der Waals surface area contributed by atoms with Gasteiger partial charge in [-0.3, -0.25) is 0 Å². The van der Waals surface area contributed by atoms with E-state index in [-0.39, 0.29) is 0 Å². The summed E-state index contributed by atoms with van der Waals surface area (Å²) in [5, 5.41) is 0. The van der Waals surface area contributed by atoms with Gasteiger partial charge in [0.2, 0.25) is 10.0 Å². The van der Waals surface area contributed by atoms with Crippen LogP contribution in [0.5, 0.6) is 0 Å². The van der Waals surface area contributed by atoms with Gasteiger partial charge in [0.1, 0.15) is 0 Å². The van der Waals surface area contributed by atoms with Gasteiger partial charge in [-0.25, -0.2) is 8.42 Å². The summed E-state index contributed by atoms with van der Waals surface area (Å²) in [4.78, 5) is 0.330. The van der Waals surface area contributed by atoms with E-state index in [2.05, 4.69) is 42.5 Å². The lowest BCUT2D eigenvalue weighted by molar-refractivity contribution is 0.432. The first-order chi connectivity index (χ1) is 18.0. The van der Waals surface area contributed by atoms with Gasteiger partial charge in [-0.2, -0.15) is 4.31 Å². The molecule has 0 amide bonds. The summed E-state index contributed by atoms with van der Waals surface area (Å²) in [6, 6.07) is 40.3. The molecule has 1 aliphatic heterocycles. The summed E-state index contributed by atoms with van der Waals surface area (Å²) in [6.45, 7) is 2.63. The van der Waals surface area contributed by atoms with Gasteiger partial charge >= 0.3 is 0 Å². The zero-order valence-electron chi connectivity index (χ0n) is 20.6. The number of aryl methyl sites for hydroxylation is 1. The minimum atomic E-state index is -3.67. The molecule has 0 fully saturated rings. The summed E-state index contributed by atoms with van der Waals surface area (Å²) < 4.78 is 29.2. The van der Waals surface area contributed by atoms with Crippen LogP contribution in [0.15, 0.2) is 126 Å². The predicted octanol–water partition coefficient (Wildman–Crippen LogP) is 7.70. The second-order valence-electron chi connectivity index (χ2n) is 9.49. The Hall–Kier alpha value is -3.99. The molecular formula is C33H27NO2S. The van der Waals surface area contributed by atoms with Gasteiger partial charge < -0.3 is 0 Å². The van der Waals surface area contributed by atoms with E-state index in [1.807, 2.05) is 73.7 Å². The van der Waals surface area contributed by atoms with Crippen molar-refractivity contribution >= 4 is 10.0 Å². The first kappa shape index (κ1) is 23.4. The minimum absolute atomic E-state index is 0.330. The second-order valence-corrected chi connectivity index (χ2v) is 11.4. The van der Waals surface area contributed by atoms with Gasteiger partial charge in [0.15, 0.2) is 0 Å². The fourth-order valence-electron chi connectivity index (χ4n) is 5.23. The van der Waals surface area contributed by atoms with Gasteiger partial charge in [-0.05, 0) is 69.6 Å². The molecule has 0 saturated carbocycles. The third-order valence-electron chi connectivity index (χ3n) is 7.11. The number of hydrogen-bond acceptors (Lipinski definition) is 2. The Balaban J connectivity index is 1.60. The SMILES string of the molecule is Cc1ccc(S(=O)(=O)N2Cc3c(-c4ccccc4)cc(-c4ccccc4)c(-c4ccccc4)c3C2)cc1. The van der Waals surface area contributed by atoms with Gasteiger partial charge in [-0.1, -0.05) is 109 Å². The molecule has 0 aliphatic carbocycles. The van der Waals surface area contributed by atoms with Gasteiger partial charge in [0.25, 0.3) is 0 Å². The van der Waals surface area contributed by atoms with E-state index in [1.165, 1.54) is 0 Å². The molecule has 0 spiro atoms. The molecule has 4 heteroatoms. The Kier molecular flexibility index (Phi) is 5.99. The minimum Gasteiger partial charge on any atom is -0.207 e. The van der Waals surface area contributed by atoms with E-state index in [1.54, 1.807) is 16.4 Å². The van der Waals surface area contributed by atoms with Crippen LogP contribution in [0.2, 0.25) is 0 Å². The third kappa shape index (κ3) is 4.29. The Morgan fingerprint density at radius 1 is 0.568 bits per heavy atom. The molecule has 0 aromatic heterocycles. The van der Waals surface area contributed by atoms with Crippen LogP contribution in [-0.4, -0.2) is 12.7 Å². The van der Waals surface area contributed by atoms with Crippen molar-refractivity contribution in [3.8, 4) is 33.4 Å². The monoisotopic (exact) mass is 501 g/mol. The molecule has 0 bridgehead atoms. The number of sulfonamides is 1. The number of nitrogens with zero attached hydrogens (tertiary/aromatic N) is 1. The predicted molar refractivity (Wildman–Crippen MR) is 150 cm³/mol. The molecule has 6 rings (SSSR count). The molecule has 1 heterocycles. The van der Waals surface area contributed by atoms with Crippen LogP contribution in [0.3, 0.4) is 0 Å². The van der Waals surface area contributed by atoms with Crippen LogP contribution in [0, 0.1) is 6.92 Å². The highest BCUT2D eigenvalue weighted by molar-refractivity contribution is 7.89. The molecule has 0 N–H and O–H groups in total. The van der Waals surface area contributed by atoms with Crippen LogP contribution < -0.4 is 0 Å². The molecule has 5 aromatic carbocycles. The maximum Gasteiger partial charge on any atom is 0.243 e. The van der Waals surface area contributed by atoms with Crippen molar-refractivity contribution in [1.82, 2.24) is 4.31 Å². The van der Waals surface area contributed by atoms with E-state index in [4.69, 9.17) is 0 Å². The molecule has 0 radical (unpaired) electrons. The number of rotatable bonds is 5. The van der Waals surface area contributed by atoms with Gasteiger partial charge in [0, 0.05) is 13.1 Å². The van der Waals surface area contributed by atoms with Crippen molar-refractivity contribution in [2.24, 2.45) is 0 Å². The van der Waals surface area contributed by atoms with Crippen molar-refractivity contribution in [3.05, 3.63) is 138 Å². The van der Waals surface area contributed by atoms with Crippen molar-refractivity contribution in [2.75, 3.05) is 0 Å². The molecule has 1 aliphatic rings. The molecule has 37 heavy (non-hydrogen) atoms. The smallest absolute Gasteiger partial charge is 0.207 e. The highest BCUT2D eigenvalue weighted by Gasteiger charge is 2.35. The highest BCUT2D eigenvalue weighted by Crippen LogP contribution is 2.46. The maximum atomic E-state index is 13.8. The van der Waals surface area contributed by atoms with Crippen LogP contribution >= 0.6 is 0 Å². The first-order valence-electron chi connectivity index (χ1n) is 12.4. The topological polar surface area (TPSA) is 37.4 Å². The Bertz CT molecular complexity index is 1660. The Morgan fingerprint density at radius 2 is 1.05 bits per heavy atom. The molecular weight excluding hydrogens is 474 g/mol. The summed E-state index contributed by atoms with van der Waals surface area (Å²) in [7, 11) is -3.67. The van der Waals surface area contributed by atoms with Crippen molar-refractivity contribution in [1.29, 1.82) is 0 Å². The van der Waals surface area contributed by atoms with E-state index in [0.717, 1.165) is 50.1 Å². The van der Waals surface area contributed by atoms with E-state index in [0.29, 0.717) is 18.0 Å². The van der Waals surface area contributed by atoms with Crippen LogP contribution in [0.25, 0.3) is 33.4 Å². The van der Waals surface area contributed by atoms with Gasteiger partial charge in [0.05, 0.1) is 4.90 Å². The molecule has 5 aromatic rings. The maximum absolute atomic E-state index is 13.8. The van der Waals surface area contributed by atoms with E-state index in [9.17, 15) is 8.42 Å². The molecule has 0 unspecified atom stereocenters. The van der Waals surface area contributed by atoms with Crippen LogP contribution in [0.1, 0.15) is 16.7 Å². The summed E-state index contributed by atoms with van der Waals surface area (Å²) in [5.74, 6) is 0. The van der Waals surface area contributed by atoms with E-state index < -0.39 is 10.0 Å². The summed E-state index contributed by atoms with van der Waals surface area (Å²) in [5.41, 5.74) is 9.76. The number of hydrogen-bond donors (Lipinski definition) is 0. The Labute approximate surface area is 218 Å². The number of benzene rings is 5. The molecule has 0 atom stereocenters. The average molecular weight is 502 g/mol. The normalized spacial score (nSPS) is 13.4. The van der Waals surface area contributed by atoms with Crippen LogP contribution in [-0.2, 0) is 23.1 Å². The first-order valence-corrected chi connectivity index (χ1v) is 13.9. The summed E-state index contributed by atoms with van der Waals surface area (Å²) >= 11 is 0. The van der Waals surface area contributed by atoms with Crippen molar-refractivity contribution < 1.29 is 8.42 Å². The highest BCUT2D eigenvalue weighted by atomic mass is 32.2. The van der Waals surface area contributed by atoms with Gasteiger partial charge in [-0.15, -0.1) is 0 Å². The van der Waals surface area contributed by atoms with Crippen molar-refractivity contribution in [2.45, 2.75) is 24.9 Å². The lowest BCUT2D eigenvalue weighted by Gasteiger charge is -2.19.